The van der Waals surface area contributed by atoms with E-state index in [9.17, 15) is 4.79 Å². The molecule has 0 aromatic carbocycles. The Bertz CT molecular complexity index is 121. The molecule has 0 saturated heterocycles. The molecule has 60 valence electrons. The first kappa shape index (κ1) is 10.2. The van der Waals surface area contributed by atoms with Crippen LogP contribution in [-0.2, 0) is 4.79 Å². The van der Waals surface area contributed by atoms with Gasteiger partial charge in [-0.05, 0) is 13.3 Å². The second-order valence-electron chi connectivity index (χ2n) is 2.61. The van der Waals surface area contributed by atoms with Gasteiger partial charge < -0.3 is 5.11 Å². The summed E-state index contributed by atoms with van der Waals surface area (Å²) in [6, 6.07) is 0. The van der Waals surface area contributed by atoms with Crippen molar-refractivity contribution in [3.63, 3.8) is 0 Å². The van der Waals surface area contributed by atoms with E-state index in [1.54, 1.807) is 6.92 Å². The van der Waals surface area contributed by atoms with Crippen LogP contribution < -0.4 is 0 Å². The van der Waals surface area contributed by atoms with Gasteiger partial charge in [-0.1, -0.05) is 42.4 Å². The van der Waals surface area contributed by atoms with Gasteiger partial charge in [0.15, 0.2) is 0 Å². The molecule has 0 spiro atoms. The average molecular weight is 256 g/mol. The Morgan fingerprint density at radius 2 is 2.20 bits per heavy atom. The lowest BCUT2D eigenvalue weighted by molar-refractivity contribution is -0.139. The Morgan fingerprint density at radius 3 is 2.50 bits per heavy atom. The van der Waals surface area contributed by atoms with Gasteiger partial charge in [0.1, 0.15) is 3.42 Å². The quantitative estimate of drug-likeness (QED) is 0.619. The van der Waals surface area contributed by atoms with Crippen molar-refractivity contribution in [3.8, 4) is 0 Å². The second-order valence-corrected chi connectivity index (χ2v) is 4.99. The summed E-state index contributed by atoms with van der Waals surface area (Å²) in [6.45, 7) is 3.82. The minimum atomic E-state index is -0.707. The Labute approximate surface area is 75.1 Å². The van der Waals surface area contributed by atoms with Gasteiger partial charge in [-0.2, -0.15) is 0 Å². The third-order valence-electron chi connectivity index (χ3n) is 1.45. The highest BCUT2D eigenvalue weighted by Crippen LogP contribution is 2.24. The topological polar surface area (TPSA) is 37.3 Å². The van der Waals surface area contributed by atoms with E-state index >= 15 is 0 Å². The maximum Gasteiger partial charge on any atom is 0.319 e. The van der Waals surface area contributed by atoms with E-state index in [4.69, 9.17) is 5.11 Å². The molecule has 0 aliphatic carbocycles. The number of hydrogen-bond acceptors (Lipinski definition) is 1. The molecule has 0 bridgehead atoms. The molecule has 1 atom stereocenters. The smallest absolute Gasteiger partial charge is 0.319 e. The van der Waals surface area contributed by atoms with Gasteiger partial charge in [0.25, 0.3) is 0 Å². The molecule has 2 nitrogen and oxygen atoms in total. The van der Waals surface area contributed by atoms with Gasteiger partial charge >= 0.3 is 5.97 Å². The standard InChI is InChI=1S/C7H13IO2/c1-3-4-5-7(2,8)6(9)10/h3-5H2,1-2H3,(H,9,10). The van der Waals surface area contributed by atoms with Gasteiger partial charge in [0, 0.05) is 0 Å². The molecule has 0 aliphatic heterocycles. The van der Waals surface area contributed by atoms with Crippen molar-refractivity contribution in [1.82, 2.24) is 0 Å². The van der Waals surface area contributed by atoms with Crippen LogP contribution in [0, 0.1) is 0 Å². The van der Waals surface area contributed by atoms with Crippen molar-refractivity contribution in [3.05, 3.63) is 0 Å². The summed E-state index contributed by atoms with van der Waals surface area (Å²) in [7, 11) is 0. The summed E-state index contributed by atoms with van der Waals surface area (Å²) in [5.41, 5.74) is 0. The summed E-state index contributed by atoms with van der Waals surface area (Å²) in [4.78, 5) is 10.5. The third kappa shape index (κ3) is 3.39. The van der Waals surface area contributed by atoms with Gasteiger partial charge in [-0.15, -0.1) is 0 Å². The molecular formula is C7H13IO2. The number of carboxylic acid groups (broad SMARTS) is 1. The summed E-state index contributed by atoms with van der Waals surface area (Å²) in [5, 5.41) is 8.66. The minimum Gasteiger partial charge on any atom is -0.480 e. The molecule has 0 radical (unpaired) electrons. The second kappa shape index (κ2) is 4.16. The zero-order valence-electron chi connectivity index (χ0n) is 6.35. The van der Waals surface area contributed by atoms with E-state index in [1.807, 2.05) is 22.6 Å². The monoisotopic (exact) mass is 256 g/mol. The van der Waals surface area contributed by atoms with Crippen molar-refractivity contribution in [1.29, 1.82) is 0 Å². The summed E-state index contributed by atoms with van der Waals surface area (Å²) in [5.74, 6) is -0.707. The van der Waals surface area contributed by atoms with Gasteiger partial charge in [-0.25, -0.2) is 0 Å². The third-order valence-corrected chi connectivity index (χ3v) is 2.45. The van der Waals surface area contributed by atoms with Crippen molar-refractivity contribution < 1.29 is 9.90 Å². The summed E-state index contributed by atoms with van der Waals surface area (Å²) >= 11 is 1.99. The number of halogens is 1. The lowest BCUT2D eigenvalue weighted by atomic mass is 10.1. The number of rotatable bonds is 4. The Kier molecular flexibility index (Phi) is 4.24. The molecule has 0 amide bonds. The Hall–Kier alpha value is 0.200. The minimum absolute atomic E-state index is 0.562. The zero-order valence-corrected chi connectivity index (χ0v) is 8.51. The number of carbonyl (C=O) groups is 1. The molecule has 0 saturated carbocycles. The largest absolute Gasteiger partial charge is 0.480 e. The van der Waals surface area contributed by atoms with Gasteiger partial charge in [0.2, 0.25) is 0 Å². The highest BCUT2D eigenvalue weighted by Gasteiger charge is 2.27. The van der Waals surface area contributed by atoms with Crippen LogP contribution in [0.4, 0.5) is 0 Å². The van der Waals surface area contributed by atoms with Crippen LogP contribution in [0.5, 0.6) is 0 Å². The number of unbranched alkanes of at least 4 members (excludes halogenated alkanes) is 1. The molecule has 0 aromatic rings. The van der Waals surface area contributed by atoms with Crippen LogP contribution >= 0.6 is 22.6 Å². The number of carboxylic acids is 1. The zero-order chi connectivity index (χ0) is 8.20. The Balaban J connectivity index is 3.75. The first-order chi connectivity index (χ1) is 4.50. The van der Waals surface area contributed by atoms with Crippen molar-refractivity contribution in [2.24, 2.45) is 0 Å². The summed E-state index contributed by atoms with van der Waals surface area (Å²) < 4.78 is -0.562. The number of alkyl halides is 1. The Morgan fingerprint density at radius 1 is 1.70 bits per heavy atom. The summed E-state index contributed by atoms with van der Waals surface area (Å²) in [6.07, 6.45) is 2.82. The number of aliphatic carboxylic acids is 1. The highest BCUT2D eigenvalue weighted by atomic mass is 127. The normalized spacial score (nSPS) is 16.3. The highest BCUT2D eigenvalue weighted by molar-refractivity contribution is 14.1. The van der Waals surface area contributed by atoms with E-state index in [2.05, 4.69) is 6.92 Å². The lowest BCUT2D eigenvalue weighted by Gasteiger charge is -2.15. The molecule has 3 heteroatoms. The first-order valence-electron chi connectivity index (χ1n) is 3.43. The SMILES string of the molecule is CCCCC(C)(I)C(=O)O. The maximum absolute atomic E-state index is 10.5. The molecular weight excluding hydrogens is 243 g/mol. The maximum atomic E-state index is 10.5. The molecule has 0 fully saturated rings. The molecule has 10 heavy (non-hydrogen) atoms. The van der Waals surface area contributed by atoms with Crippen LogP contribution in [0.3, 0.4) is 0 Å². The van der Waals surface area contributed by atoms with Crippen LogP contribution in [0.1, 0.15) is 33.1 Å². The molecule has 0 heterocycles. The van der Waals surface area contributed by atoms with E-state index in [0.29, 0.717) is 0 Å². The molecule has 1 N–H and O–H groups in total. The first-order valence-corrected chi connectivity index (χ1v) is 4.51. The van der Waals surface area contributed by atoms with Crippen molar-refractivity contribution in [2.45, 2.75) is 36.5 Å². The van der Waals surface area contributed by atoms with Gasteiger partial charge in [0.05, 0.1) is 0 Å². The average Bonchev–Trinajstić information content (AvgIpc) is 1.84. The van der Waals surface area contributed by atoms with Crippen LogP contribution in [-0.4, -0.2) is 14.5 Å². The molecule has 0 aliphatic rings. The van der Waals surface area contributed by atoms with Crippen molar-refractivity contribution >= 4 is 28.6 Å². The van der Waals surface area contributed by atoms with E-state index in [1.165, 1.54) is 0 Å². The predicted molar refractivity (Wildman–Crippen MR) is 49.6 cm³/mol. The fourth-order valence-electron chi connectivity index (χ4n) is 0.616. The van der Waals surface area contributed by atoms with E-state index in [-0.39, 0.29) is 0 Å². The molecule has 0 aromatic heterocycles. The van der Waals surface area contributed by atoms with Crippen LogP contribution in [0.15, 0.2) is 0 Å². The fourth-order valence-corrected chi connectivity index (χ4v) is 0.997. The number of hydrogen-bond donors (Lipinski definition) is 1. The van der Waals surface area contributed by atoms with Crippen LogP contribution in [0.25, 0.3) is 0 Å². The molecule has 0 rings (SSSR count). The fraction of sp³-hybridized carbons (Fsp3) is 0.857. The molecule has 1 unspecified atom stereocenters. The predicted octanol–water partition coefficient (Wildman–Crippen LogP) is 2.45. The lowest BCUT2D eigenvalue weighted by Crippen LogP contribution is -2.27. The van der Waals surface area contributed by atoms with Crippen molar-refractivity contribution in [2.75, 3.05) is 0 Å². The van der Waals surface area contributed by atoms with E-state index < -0.39 is 9.39 Å². The van der Waals surface area contributed by atoms with Crippen LogP contribution in [0.2, 0.25) is 0 Å². The van der Waals surface area contributed by atoms with E-state index in [0.717, 1.165) is 19.3 Å². The van der Waals surface area contributed by atoms with Gasteiger partial charge in [-0.3, -0.25) is 4.79 Å².